The molecule has 0 aliphatic carbocycles. The highest BCUT2D eigenvalue weighted by Crippen LogP contribution is 2.37. The van der Waals surface area contributed by atoms with Gasteiger partial charge in [-0.2, -0.15) is 0 Å². The molecule has 5 nitrogen and oxygen atoms in total. The first-order valence-electron chi connectivity index (χ1n) is 8.87. The molecule has 0 unspecified atom stereocenters. The predicted molar refractivity (Wildman–Crippen MR) is 110 cm³/mol. The highest BCUT2D eigenvalue weighted by molar-refractivity contribution is 7.99. The lowest BCUT2D eigenvalue weighted by molar-refractivity contribution is -0.116. The van der Waals surface area contributed by atoms with Crippen molar-refractivity contribution < 1.29 is 14.3 Å². The van der Waals surface area contributed by atoms with E-state index in [1.54, 1.807) is 11.8 Å². The highest BCUT2D eigenvalue weighted by Gasteiger charge is 2.16. The van der Waals surface area contributed by atoms with Crippen molar-refractivity contribution in [2.24, 2.45) is 0 Å². The van der Waals surface area contributed by atoms with Gasteiger partial charge in [0, 0.05) is 23.4 Å². The molecule has 1 N–H and O–H groups in total. The Kier molecular flexibility index (Phi) is 5.50. The number of aryl methyl sites for hydroxylation is 1. The summed E-state index contributed by atoms with van der Waals surface area (Å²) in [6.45, 7) is 3.18. The summed E-state index contributed by atoms with van der Waals surface area (Å²) >= 11 is 3.23. The third-order valence-electron chi connectivity index (χ3n) is 4.14. The van der Waals surface area contributed by atoms with Crippen LogP contribution >= 0.6 is 23.1 Å². The maximum absolute atomic E-state index is 12.2. The van der Waals surface area contributed by atoms with Crippen LogP contribution in [0, 0.1) is 6.92 Å². The monoisotopic (exact) mass is 400 g/mol. The van der Waals surface area contributed by atoms with E-state index in [4.69, 9.17) is 9.47 Å². The first-order valence-corrected chi connectivity index (χ1v) is 10.7. The van der Waals surface area contributed by atoms with Crippen molar-refractivity contribution in [3.63, 3.8) is 0 Å². The van der Waals surface area contributed by atoms with Crippen LogP contribution in [0.2, 0.25) is 0 Å². The number of nitrogens with zero attached hydrogens (tertiary/aromatic N) is 1. The van der Waals surface area contributed by atoms with Crippen molar-refractivity contribution in [3.8, 4) is 11.5 Å². The zero-order valence-corrected chi connectivity index (χ0v) is 16.6. The molecule has 27 heavy (non-hydrogen) atoms. The predicted octanol–water partition coefficient (Wildman–Crippen LogP) is 4.89. The van der Waals surface area contributed by atoms with E-state index in [1.165, 1.54) is 21.8 Å². The first kappa shape index (κ1) is 18.1. The molecule has 0 fully saturated rings. The third-order valence-corrected chi connectivity index (χ3v) is 6.17. The summed E-state index contributed by atoms with van der Waals surface area (Å²) in [5.74, 6) is 2.36. The number of hydrogen-bond donors (Lipinski definition) is 1. The summed E-state index contributed by atoms with van der Waals surface area (Å²) in [4.78, 5) is 17.9. The molecular formula is C20H20N2O3S2. The number of carbonyl (C=O) groups excluding carboxylic acids is 1. The number of thioether (sulfide) groups is 1. The standard InChI is InChI=1S/C20H20N2O3S2/c1-13-4-6-14(7-5-13)26-10-2-3-19(23)22-20-21-15-11-16-17(12-18(15)27-20)25-9-8-24-16/h4-7,11-12H,2-3,8-10H2,1H3,(H,21,22,23). The second-order valence-electron chi connectivity index (χ2n) is 6.30. The van der Waals surface area contributed by atoms with Crippen LogP contribution in [0.25, 0.3) is 10.2 Å². The zero-order chi connectivity index (χ0) is 18.6. The molecule has 1 aliphatic rings. The van der Waals surface area contributed by atoms with Crippen molar-refractivity contribution in [3.05, 3.63) is 42.0 Å². The van der Waals surface area contributed by atoms with Crippen molar-refractivity contribution in [1.29, 1.82) is 0 Å². The van der Waals surface area contributed by atoms with Crippen LogP contribution in [0.3, 0.4) is 0 Å². The highest BCUT2D eigenvalue weighted by atomic mass is 32.2. The van der Waals surface area contributed by atoms with Gasteiger partial charge in [0.05, 0.1) is 10.2 Å². The lowest BCUT2D eigenvalue weighted by atomic mass is 10.2. The van der Waals surface area contributed by atoms with E-state index < -0.39 is 0 Å². The molecule has 1 amide bonds. The maximum Gasteiger partial charge on any atom is 0.226 e. The number of hydrogen-bond acceptors (Lipinski definition) is 6. The van der Waals surface area contributed by atoms with Gasteiger partial charge in [-0.15, -0.1) is 11.8 Å². The van der Waals surface area contributed by atoms with Crippen LogP contribution in [-0.2, 0) is 4.79 Å². The lowest BCUT2D eigenvalue weighted by Gasteiger charge is -2.17. The van der Waals surface area contributed by atoms with Gasteiger partial charge in [0.15, 0.2) is 16.6 Å². The second kappa shape index (κ2) is 8.19. The Hall–Kier alpha value is -2.25. The number of ether oxygens (including phenoxy) is 2. The molecule has 2 aromatic carbocycles. The summed E-state index contributed by atoms with van der Waals surface area (Å²) in [6.07, 6.45) is 1.31. The van der Waals surface area contributed by atoms with Crippen LogP contribution in [0.4, 0.5) is 5.13 Å². The van der Waals surface area contributed by atoms with Crippen LogP contribution in [0.1, 0.15) is 18.4 Å². The number of rotatable bonds is 6. The molecule has 3 aromatic rings. The van der Waals surface area contributed by atoms with Crippen molar-refractivity contribution in [1.82, 2.24) is 4.98 Å². The van der Waals surface area contributed by atoms with E-state index in [9.17, 15) is 4.79 Å². The summed E-state index contributed by atoms with van der Waals surface area (Å²) in [5.41, 5.74) is 2.07. The van der Waals surface area contributed by atoms with Crippen molar-refractivity contribution in [2.75, 3.05) is 24.3 Å². The summed E-state index contributed by atoms with van der Waals surface area (Å²) in [7, 11) is 0. The minimum absolute atomic E-state index is 0.00387. The number of nitrogens with one attached hydrogen (secondary N) is 1. The molecule has 1 aromatic heterocycles. The number of benzene rings is 2. The van der Waals surface area contributed by atoms with Gasteiger partial charge in [-0.1, -0.05) is 29.0 Å². The van der Waals surface area contributed by atoms with Gasteiger partial charge in [-0.3, -0.25) is 4.79 Å². The largest absolute Gasteiger partial charge is 0.486 e. The number of amides is 1. The van der Waals surface area contributed by atoms with Crippen molar-refractivity contribution in [2.45, 2.75) is 24.7 Å². The molecule has 0 spiro atoms. The van der Waals surface area contributed by atoms with E-state index in [0.29, 0.717) is 30.5 Å². The fraction of sp³-hybridized carbons (Fsp3) is 0.300. The summed E-state index contributed by atoms with van der Waals surface area (Å²) in [6, 6.07) is 12.2. The summed E-state index contributed by atoms with van der Waals surface area (Å²) < 4.78 is 12.2. The third kappa shape index (κ3) is 4.54. The van der Waals surface area contributed by atoms with E-state index in [0.717, 1.165) is 28.1 Å². The Balaban J connectivity index is 1.29. The second-order valence-corrected chi connectivity index (χ2v) is 8.49. The fourth-order valence-corrected chi connectivity index (χ4v) is 4.50. The SMILES string of the molecule is Cc1ccc(SCCCC(=O)Nc2nc3cc4c(cc3s2)OCCO4)cc1. The van der Waals surface area contributed by atoms with Crippen molar-refractivity contribution >= 4 is 44.4 Å². The Morgan fingerprint density at radius 2 is 1.93 bits per heavy atom. The Bertz CT molecular complexity index is 911. The minimum Gasteiger partial charge on any atom is -0.486 e. The molecule has 140 valence electrons. The Morgan fingerprint density at radius 3 is 2.70 bits per heavy atom. The van der Waals surface area contributed by atoms with E-state index in [2.05, 4.69) is 41.5 Å². The molecule has 0 atom stereocenters. The lowest BCUT2D eigenvalue weighted by Crippen LogP contribution is -2.15. The molecule has 7 heteroatoms. The van der Waals surface area contributed by atoms with Gasteiger partial charge in [-0.05, 0) is 31.2 Å². The fourth-order valence-electron chi connectivity index (χ4n) is 2.76. The molecule has 1 aliphatic heterocycles. The average Bonchev–Trinajstić information content (AvgIpc) is 3.05. The molecule has 4 rings (SSSR count). The molecule has 2 heterocycles. The molecule has 0 bridgehead atoms. The number of anilines is 1. The Labute approximate surface area is 166 Å². The zero-order valence-electron chi connectivity index (χ0n) is 15.0. The smallest absolute Gasteiger partial charge is 0.226 e. The van der Waals surface area contributed by atoms with Gasteiger partial charge in [0.1, 0.15) is 13.2 Å². The Morgan fingerprint density at radius 1 is 1.19 bits per heavy atom. The maximum atomic E-state index is 12.2. The van der Waals surface area contributed by atoms with E-state index in [-0.39, 0.29) is 5.91 Å². The number of aromatic nitrogens is 1. The van der Waals surface area contributed by atoms with E-state index in [1.807, 2.05) is 12.1 Å². The average molecular weight is 401 g/mol. The van der Waals surface area contributed by atoms with Crippen LogP contribution < -0.4 is 14.8 Å². The van der Waals surface area contributed by atoms with E-state index >= 15 is 0 Å². The van der Waals surface area contributed by atoms with Gasteiger partial charge in [0.2, 0.25) is 5.91 Å². The first-order chi connectivity index (χ1) is 13.2. The quantitative estimate of drug-likeness (QED) is 0.472. The summed E-state index contributed by atoms with van der Waals surface area (Å²) in [5, 5.41) is 3.52. The normalized spacial score (nSPS) is 12.9. The van der Waals surface area contributed by atoms with Gasteiger partial charge in [-0.25, -0.2) is 4.98 Å². The van der Waals surface area contributed by atoms with Crippen LogP contribution in [0.15, 0.2) is 41.3 Å². The molecular weight excluding hydrogens is 380 g/mol. The minimum atomic E-state index is -0.00387. The molecule has 0 radical (unpaired) electrons. The van der Waals surface area contributed by atoms with Gasteiger partial charge in [0.25, 0.3) is 0 Å². The van der Waals surface area contributed by atoms with Crippen LogP contribution in [-0.4, -0.2) is 29.9 Å². The number of thiazole rings is 1. The topological polar surface area (TPSA) is 60.5 Å². The van der Waals surface area contributed by atoms with Gasteiger partial charge < -0.3 is 14.8 Å². The molecule has 0 saturated heterocycles. The number of fused-ring (bicyclic) bond motifs is 2. The number of carbonyl (C=O) groups is 1. The van der Waals surface area contributed by atoms with Gasteiger partial charge >= 0.3 is 0 Å². The van der Waals surface area contributed by atoms with Crippen LogP contribution in [0.5, 0.6) is 11.5 Å². The molecule has 0 saturated carbocycles.